The minimum atomic E-state index is 0.0122. The van der Waals surface area contributed by atoms with E-state index in [1.807, 2.05) is 18.2 Å². The fourth-order valence-corrected chi connectivity index (χ4v) is 3.38. The topological polar surface area (TPSA) is 32.3 Å². The number of benzene rings is 2. The predicted octanol–water partition coefficient (Wildman–Crippen LogP) is 4.21. The molecule has 0 aliphatic carbocycles. The minimum Gasteiger partial charge on any atom is -0.324 e. The van der Waals surface area contributed by atoms with Gasteiger partial charge in [-0.25, -0.2) is 0 Å². The molecule has 1 amide bonds. The average Bonchev–Trinajstić information content (AvgIpc) is 2.51. The highest BCUT2D eigenvalue weighted by atomic mass is 79.9. The molecule has 2 aromatic carbocycles. The lowest BCUT2D eigenvalue weighted by Gasteiger charge is -2.28. The van der Waals surface area contributed by atoms with Crippen LogP contribution in [0.15, 0.2) is 51.4 Å². The van der Waals surface area contributed by atoms with Gasteiger partial charge in [-0.3, -0.25) is 9.69 Å². The standard InChI is InChI=1S/C17H16Br2N2O/c18-14-5-6-15(19)16(9-14)20-17(22)11-21-8-7-12-3-1-2-4-13(12)10-21/h1-6,9H,7-8,10-11H2,(H,20,22). The van der Waals surface area contributed by atoms with Crippen LogP contribution in [0.3, 0.4) is 0 Å². The molecule has 3 rings (SSSR count). The van der Waals surface area contributed by atoms with Gasteiger partial charge in [0.1, 0.15) is 0 Å². The summed E-state index contributed by atoms with van der Waals surface area (Å²) in [5.74, 6) is 0.0122. The van der Waals surface area contributed by atoms with Crippen molar-refractivity contribution in [2.45, 2.75) is 13.0 Å². The van der Waals surface area contributed by atoms with Gasteiger partial charge >= 0.3 is 0 Å². The smallest absolute Gasteiger partial charge is 0.238 e. The number of fused-ring (bicyclic) bond motifs is 1. The summed E-state index contributed by atoms with van der Waals surface area (Å²) in [6.07, 6.45) is 1.00. The molecule has 0 saturated heterocycles. The Morgan fingerprint density at radius 1 is 1.14 bits per heavy atom. The normalized spacial score (nSPS) is 14.5. The van der Waals surface area contributed by atoms with Gasteiger partial charge in [-0.2, -0.15) is 0 Å². The van der Waals surface area contributed by atoms with E-state index in [-0.39, 0.29) is 5.91 Å². The van der Waals surface area contributed by atoms with Crippen LogP contribution in [-0.4, -0.2) is 23.9 Å². The zero-order chi connectivity index (χ0) is 15.5. The lowest BCUT2D eigenvalue weighted by Crippen LogP contribution is -2.37. The van der Waals surface area contributed by atoms with Crippen LogP contribution in [0.4, 0.5) is 5.69 Å². The Balaban J connectivity index is 1.62. The number of halogens is 2. The molecule has 1 aliphatic rings. The van der Waals surface area contributed by atoms with Crippen LogP contribution in [0.2, 0.25) is 0 Å². The third kappa shape index (κ3) is 3.77. The summed E-state index contributed by atoms with van der Waals surface area (Å²) in [4.78, 5) is 14.5. The van der Waals surface area contributed by atoms with E-state index in [9.17, 15) is 4.79 Å². The number of amides is 1. The third-order valence-electron chi connectivity index (χ3n) is 3.78. The predicted molar refractivity (Wildman–Crippen MR) is 95.9 cm³/mol. The van der Waals surface area contributed by atoms with E-state index in [0.29, 0.717) is 6.54 Å². The van der Waals surface area contributed by atoms with Gasteiger partial charge in [0.25, 0.3) is 0 Å². The van der Waals surface area contributed by atoms with Crippen LogP contribution in [-0.2, 0) is 17.8 Å². The molecule has 1 N–H and O–H groups in total. The van der Waals surface area contributed by atoms with Crippen molar-refractivity contribution < 1.29 is 4.79 Å². The lowest BCUT2D eigenvalue weighted by atomic mass is 10.00. The molecule has 0 spiro atoms. The molecular weight excluding hydrogens is 408 g/mol. The van der Waals surface area contributed by atoms with E-state index >= 15 is 0 Å². The largest absolute Gasteiger partial charge is 0.324 e. The second-order valence-corrected chi connectivity index (χ2v) is 7.17. The van der Waals surface area contributed by atoms with Crippen LogP contribution in [0.1, 0.15) is 11.1 Å². The van der Waals surface area contributed by atoms with Crippen molar-refractivity contribution in [3.05, 3.63) is 62.5 Å². The fraction of sp³-hybridized carbons (Fsp3) is 0.235. The van der Waals surface area contributed by atoms with Crippen molar-refractivity contribution in [2.24, 2.45) is 0 Å². The van der Waals surface area contributed by atoms with Gasteiger partial charge in [0.2, 0.25) is 5.91 Å². The van der Waals surface area contributed by atoms with E-state index < -0.39 is 0 Å². The van der Waals surface area contributed by atoms with Gasteiger partial charge in [0, 0.05) is 22.0 Å². The Morgan fingerprint density at radius 3 is 2.73 bits per heavy atom. The van der Waals surface area contributed by atoms with E-state index in [1.54, 1.807) is 0 Å². The molecule has 114 valence electrons. The fourth-order valence-electron chi connectivity index (χ4n) is 2.68. The third-order valence-corrected chi connectivity index (χ3v) is 4.96. The molecule has 0 aromatic heterocycles. The van der Waals surface area contributed by atoms with Gasteiger partial charge in [0.15, 0.2) is 0 Å². The van der Waals surface area contributed by atoms with Gasteiger partial charge in [0.05, 0.1) is 12.2 Å². The van der Waals surface area contributed by atoms with E-state index in [1.165, 1.54) is 11.1 Å². The SMILES string of the molecule is O=C(CN1CCc2ccccc2C1)Nc1cc(Br)ccc1Br. The molecule has 3 nitrogen and oxygen atoms in total. The van der Waals surface area contributed by atoms with Crippen LogP contribution in [0, 0.1) is 0 Å². The van der Waals surface area contributed by atoms with Crippen molar-refractivity contribution in [1.82, 2.24) is 4.90 Å². The number of nitrogens with zero attached hydrogens (tertiary/aromatic N) is 1. The summed E-state index contributed by atoms with van der Waals surface area (Å²) in [6.45, 7) is 2.17. The highest BCUT2D eigenvalue weighted by Crippen LogP contribution is 2.26. The summed E-state index contributed by atoms with van der Waals surface area (Å²) in [7, 11) is 0. The zero-order valence-electron chi connectivity index (χ0n) is 12.0. The molecule has 22 heavy (non-hydrogen) atoms. The van der Waals surface area contributed by atoms with Crippen LogP contribution >= 0.6 is 31.9 Å². The van der Waals surface area contributed by atoms with Crippen molar-refractivity contribution in [2.75, 3.05) is 18.4 Å². The molecule has 2 aromatic rings. The maximum Gasteiger partial charge on any atom is 0.238 e. The Hall–Kier alpha value is -1.17. The summed E-state index contributed by atoms with van der Waals surface area (Å²) in [5.41, 5.74) is 3.51. The lowest BCUT2D eigenvalue weighted by molar-refractivity contribution is -0.117. The first-order valence-corrected chi connectivity index (χ1v) is 8.74. The maximum absolute atomic E-state index is 12.3. The second kappa shape index (κ2) is 6.94. The molecule has 0 fully saturated rings. The number of rotatable bonds is 3. The molecule has 1 heterocycles. The van der Waals surface area contributed by atoms with Gasteiger partial charge < -0.3 is 5.32 Å². The van der Waals surface area contributed by atoms with Crippen LogP contribution in [0.5, 0.6) is 0 Å². The monoisotopic (exact) mass is 422 g/mol. The van der Waals surface area contributed by atoms with Crippen molar-refractivity contribution in [3.8, 4) is 0 Å². The number of nitrogens with one attached hydrogen (secondary N) is 1. The van der Waals surface area contributed by atoms with Crippen molar-refractivity contribution >= 4 is 43.5 Å². The Bertz CT molecular complexity index is 703. The summed E-state index contributed by atoms with van der Waals surface area (Å²) in [6, 6.07) is 14.2. The summed E-state index contributed by atoms with van der Waals surface area (Å²) >= 11 is 6.88. The van der Waals surface area contributed by atoms with E-state index in [2.05, 4.69) is 66.3 Å². The summed E-state index contributed by atoms with van der Waals surface area (Å²) < 4.78 is 1.82. The van der Waals surface area contributed by atoms with E-state index in [4.69, 9.17) is 0 Å². The zero-order valence-corrected chi connectivity index (χ0v) is 15.2. The molecule has 1 aliphatic heterocycles. The second-order valence-electron chi connectivity index (χ2n) is 5.40. The molecular formula is C17H16Br2N2O. The number of hydrogen-bond acceptors (Lipinski definition) is 2. The first-order valence-electron chi connectivity index (χ1n) is 7.16. The quantitative estimate of drug-likeness (QED) is 0.801. The average molecular weight is 424 g/mol. The highest BCUT2D eigenvalue weighted by molar-refractivity contribution is 9.11. The molecule has 5 heteroatoms. The first-order chi connectivity index (χ1) is 10.6. The van der Waals surface area contributed by atoms with Gasteiger partial charge in [-0.1, -0.05) is 40.2 Å². The van der Waals surface area contributed by atoms with Crippen LogP contribution in [0.25, 0.3) is 0 Å². The number of carbonyl (C=O) groups excluding carboxylic acids is 1. The maximum atomic E-state index is 12.3. The molecule has 0 saturated carbocycles. The van der Waals surface area contributed by atoms with Crippen molar-refractivity contribution in [1.29, 1.82) is 0 Å². The number of hydrogen-bond donors (Lipinski definition) is 1. The number of carbonyl (C=O) groups is 1. The summed E-state index contributed by atoms with van der Waals surface area (Å²) in [5, 5.41) is 2.96. The van der Waals surface area contributed by atoms with Crippen LogP contribution < -0.4 is 5.32 Å². The Labute approximate surface area is 147 Å². The Morgan fingerprint density at radius 2 is 1.91 bits per heavy atom. The molecule has 0 atom stereocenters. The molecule has 0 unspecified atom stereocenters. The van der Waals surface area contributed by atoms with E-state index in [0.717, 1.165) is 34.1 Å². The first kappa shape index (κ1) is 15.7. The highest BCUT2D eigenvalue weighted by Gasteiger charge is 2.18. The Kier molecular flexibility index (Phi) is 4.96. The van der Waals surface area contributed by atoms with Crippen molar-refractivity contribution in [3.63, 3.8) is 0 Å². The van der Waals surface area contributed by atoms with Gasteiger partial charge in [-0.15, -0.1) is 0 Å². The van der Waals surface area contributed by atoms with Gasteiger partial charge in [-0.05, 0) is 51.7 Å². The molecule has 0 radical (unpaired) electrons. The molecule has 0 bridgehead atoms. The minimum absolute atomic E-state index is 0.0122. The number of anilines is 1.